The van der Waals surface area contributed by atoms with Crippen molar-refractivity contribution in [3.05, 3.63) is 42.0 Å². The van der Waals surface area contributed by atoms with Gasteiger partial charge in [-0.25, -0.2) is 4.79 Å². The van der Waals surface area contributed by atoms with E-state index in [9.17, 15) is 13.6 Å². The van der Waals surface area contributed by atoms with Gasteiger partial charge in [0.15, 0.2) is 0 Å². The monoisotopic (exact) mass is 238 g/mol. The van der Waals surface area contributed by atoms with Gasteiger partial charge in [-0.05, 0) is 17.5 Å². The molecule has 0 aliphatic carbocycles. The van der Waals surface area contributed by atoms with E-state index in [0.717, 1.165) is 0 Å². The summed E-state index contributed by atoms with van der Waals surface area (Å²) >= 11 is 0. The Balaban J connectivity index is 2.71. The third-order valence-corrected chi connectivity index (χ3v) is 2.31. The fourth-order valence-electron chi connectivity index (χ4n) is 1.68. The van der Waals surface area contributed by atoms with Gasteiger partial charge in [-0.15, -0.1) is 0 Å². The lowest BCUT2D eigenvalue weighted by molar-refractivity contribution is -0.0488. The summed E-state index contributed by atoms with van der Waals surface area (Å²) in [6.07, 6.45) is 0. The number of hydrogen-bond donors (Lipinski definition) is 1. The van der Waals surface area contributed by atoms with Crippen LogP contribution < -0.4 is 4.74 Å². The molecule has 2 rings (SSSR count). The van der Waals surface area contributed by atoms with Crippen molar-refractivity contribution in [3.63, 3.8) is 0 Å². The number of aromatic carboxylic acids is 1. The molecule has 0 bridgehead atoms. The predicted octanol–water partition coefficient (Wildman–Crippen LogP) is 3.14. The minimum Gasteiger partial charge on any atom is -0.478 e. The molecular formula is C12H8F2O3. The molecule has 2 aromatic rings. The molecule has 0 radical (unpaired) electrons. The highest BCUT2D eigenvalue weighted by molar-refractivity contribution is 6.06. The Kier molecular flexibility index (Phi) is 2.91. The Morgan fingerprint density at radius 3 is 2.41 bits per heavy atom. The average molecular weight is 238 g/mol. The van der Waals surface area contributed by atoms with Gasteiger partial charge in [0.25, 0.3) is 0 Å². The highest BCUT2D eigenvalue weighted by Crippen LogP contribution is 2.30. The Labute approximate surface area is 95.2 Å². The minimum absolute atomic E-state index is 0.0567. The van der Waals surface area contributed by atoms with Crippen LogP contribution in [0.15, 0.2) is 36.4 Å². The Morgan fingerprint density at radius 2 is 1.82 bits per heavy atom. The number of alkyl halides is 2. The average Bonchev–Trinajstić information content (AvgIpc) is 2.27. The van der Waals surface area contributed by atoms with Crippen molar-refractivity contribution in [3.8, 4) is 5.75 Å². The van der Waals surface area contributed by atoms with Crippen molar-refractivity contribution in [1.82, 2.24) is 0 Å². The zero-order valence-electron chi connectivity index (χ0n) is 8.56. The number of halogens is 2. The maximum absolute atomic E-state index is 12.2. The number of hydrogen-bond acceptors (Lipinski definition) is 2. The van der Waals surface area contributed by atoms with E-state index < -0.39 is 12.6 Å². The van der Waals surface area contributed by atoms with E-state index in [0.29, 0.717) is 5.39 Å². The molecule has 0 unspecified atom stereocenters. The first-order chi connectivity index (χ1) is 8.09. The molecule has 3 nitrogen and oxygen atoms in total. The maximum Gasteiger partial charge on any atom is 0.387 e. The lowest BCUT2D eigenvalue weighted by Crippen LogP contribution is -2.04. The first kappa shape index (κ1) is 11.3. The third-order valence-electron chi connectivity index (χ3n) is 2.31. The van der Waals surface area contributed by atoms with Crippen molar-refractivity contribution in [2.24, 2.45) is 0 Å². The van der Waals surface area contributed by atoms with Crippen molar-refractivity contribution in [2.45, 2.75) is 6.61 Å². The summed E-state index contributed by atoms with van der Waals surface area (Å²) in [5, 5.41) is 9.73. The molecule has 0 spiro atoms. The molecule has 0 saturated carbocycles. The molecular weight excluding hydrogens is 230 g/mol. The Bertz CT molecular complexity index is 561. The summed E-state index contributed by atoms with van der Waals surface area (Å²) in [7, 11) is 0. The zero-order valence-corrected chi connectivity index (χ0v) is 8.56. The lowest BCUT2D eigenvalue weighted by Gasteiger charge is -2.10. The van der Waals surface area contributed by atoms with Gasteiger partial charge in [0.1, 0.15) is 5.75 Å². The molecule has 0 heterocycles. The zero-order chi connectivity index (χ0) is 12.4. The van der Waals surface area contributed by atoms with E-state index in [-0.39, 0.29) is 16.7 Å². The summed E-state index contributed by atoms with van der Waals surface area (Å²) in [6.45, 7) is -2.98. The molecule has 17 heavy (non-hydrogen) atoms. The van der Waals surface area contributed by atoms with Gasteiger partial charge >= 0.3 is 12.6 Å². The number of rotatable bonds is 3. The summed E-state index contributed by atoms with van der Waals surface area (Å²) in [5.74, 6) is -1.31. The van der Waals surface area contributed by atoms with Crippen LogP contribution in [0.25, 0.3) is 10.8 Å². The molecule has 2 aromatic carbocycles. The summed E-state index contributed by atoms with van der Waals surface area (Å²) in [6, 6.07) is 9.04. The summed E-state index contributed by atoms with van der Waals surface area (Å²) in [4.78, 5) is 11.0. The second kappa shape index (κ2) is 4.37. The molecule has 0 aliphatic heterocycles. The second-order valence-electron chi connectivity index (χ2n) is 3.34. The fourth-order valence-corrected chi connectivity index (χ4v) is 1.68. The van der Waals surface area contributed by atoms with Gasteiger partial charge in [0, 0.05) is 5.39 Å². The van der Waals surface area contributed by atoms with Crippen LogP contribution >= 0.6 is 0 Å². The topological polar surface area (TPSA) is 46.5 Å². The predicted molar refractivity (Wildman–Crippen MR) is 57.5 cm³/mol. The highest BCUT2D eigenvalue weighted by Gasteiger charge is 2.14. The van der Waals surface area contributed by atoms with Crippen LogP contribution in [-0.4, -0.2) is 17.7 Å². The van der Waals surface area contributed by atoms with Crippen molar-refractivity contribution in [1.29, 1.82) is 0 Å². The smallest absolute Gasteiger partial charge is 0.387 e. The normalized spacial score (nSPS) is 10.8. The van der Waals surface area contributed by atoms with Crippen LogP contribution in [0.5, 0.6) is 5.75 Å². The van der Waals surface area contributed by atoms with E-state index in [1.54, 1.807) is 18.2 Å². The Hall–Kier alpha value is -2.17. The van der Waals surface area contributed by atoms with Gasteiger partial charge in [-0.1, -0.05) is 24.3 Å². The lowest BCUT2D eigenvalue weighted by atomic mass is 10.0. The van der Waals surface area contributed by atoms with E-state index in [2.05, 4.69) is 4.74 Å². The number of carboxylic acids is 1. The summed E-state index contributed by atoms with van der Waals surface area (Å²) in [5.41, 5.74) is -0.0567. The van der Waals surface area contributed by atoms with Crippen molar-refractivity contribution >= 4 is 16.7 Å². The van der Waals surface area contributed by atoms with Gasteiger partial charge in [-0.3, -0.25) is 0 Å². The molecule has 0 fully saturated rings. The third kappa shape index (κ3) is 2.18. The first-order valence-electron chi connectivity index (χ1n) is 4.79. The van der Waals surface area contributed by atoms with Gasteiger partial charge in [0.05, 0.1) is 5.56 Å². The molecule has 5 heteroatoms. The van der Waals surface area contributed by atoms with Gasteiger partial charge in [0.2, 0.25) is 0 Å². The van der Waals surface area contributed by atoms with E-state index in [1.165, 1.54) is 18.2 Å². The van der Waals surface area contributed by atoms with E-state index in [1.807, 2.05) is 0 Å². The van der Waals surface area contributed by atoms with Crippen molar-refractivity contribution in [2.75, 3.05) is 0 Å². The first-order valence-corrected chi connectivity index (χ1v) is 4.79. The largest absolute Gasteiger partial charge is 0.478 e. The number of carbonyl (C=O) groups is 1. The van der Waals surface area contributed by atoms with Crippen LogP contribution in [-0.2, 0) is 0 Å². The standard InChI is InChI=1S/C12H8F2O3/c13-12(14)17-9-6-2-4-7-3-1-5-8(10(7)9)11(15)16/h1-6,12H,(H,15,16). The molecule has 0 atom stereocenters. The maximum atomic E-state index is 12.2. The van der Waals surface area contributed by atoms with Crippen LogP contribution in [0, 0.1) is 0 Å². The SMILES string of the molecule is O=C(O)c1cccc2cccc(OC(F)F)c12. The molecule has 0 saturated heterocycles. The van der Waals surface area contributed by atoms with Crippen LogP contribution in [0.3, 0.4) is 0 Å². The van der Waals surface area contributed by atoms with Crippen LogP contribution in [0.2, 0.25) is 0 Å². The molecule has 0 amide bonds. The Morgan fingerprint density at radius 1 is 1.18 bits per heavy atom. The molecule has 0 aromatic heterocycles. The number of fused-ring (bicyclic) bond motifs is 1. The highest BCUT2D eigenvalue weighted by atomic mass is 19.3. The summed E-state index contributed by atoms with van der Waals surface area (Å²) < 4.78 is 28.7. The number of ether oxygens (including phenoxy) is 1. The van der Waals surface area contributed by atoms with Crippen LogP contribution in [0.4, 0.5) is 8.78 Å². The van der Waals surface area contributed by atoms with Crippen LogP contribution in [0.1, 0.15) is 10.4 Å². The molecule has 0 aliphatic rings. The number of carboxylic acid groups (broad SMARTS) is 1. The quantitative estimate of drug-likeness (QED) is 0.893. The van der Waals surface area contributed by atoms with Gasteiger partial charge < -0.3 is 9.84 Å². The van der Waals surface area contributed by atoms with E-state index in [4.69, 9.17) is 5.11 Å². The number of benzene rings is 2. The fraction of sp³-hybridized carbons (Fsp3) is 0.0833. The second-order valence-corrected chi connectivity index (χ2v) is 3.34. The van der Waals surface area contributed by atoms with E-state index >= 15 is 0 Å². The van der Waals surface area contributed by atoms with Gasteiger partial charge in [-0.2, -0.15) is 8.78 Å². The minimum atomic E-state index is -2.98. The van der Waals surface area contributed by atoms with Crippen molar-refractivity contribution < 1.29 is 23.4 Å². The molecule has 1 N–H and O–H groups in total. The molecule has 88 valence electrons.